The number of halogens is 3. The van der Waals surface area contributed by atoms with E-state index >= 15 is 0 Å². The maximum Gasteiger partial charge on any atom is 0.435 e. The largest absolute Gasteiger partial charge is 0.435 e. The second-order valence-corrected chi connectivity index (χ2v) is 12.8. The fourth-order valence-electron chi connectivity index (χ4n) is 5.21. The highest BCUT2D eigenvalue weighted by Crippen LogP contribution is 2.40. The second kappa shape index (κ2) is 10.0. The van der Waals surface area contributed by atoms with E-state index < -0.39 is 21.7 Å². The number of hydrogen-bond acceptors (Lipinski definition) is 8. The summed E-state index contributed by atoms with van der Waals surface area (Å²) in [5.41, 5.74) is 0.827. The first-order valence-corrected chi connectivity index (χ1v) is 14.9. The average molecular weight is 574 g/mol. The van der Waals surface area contributed by atoms with Crippen molar-refractivity contribution >= 4 is 37.9 Å². The van der Waals surface area contributed by atoms with Gasteiger partial charge in [-0.3, -0.25) is 4.68 Å². The lowest BCUT2D eigenvalue weighted by molar-refractivity contribution is -0.141. The lowest BCUT2D eigenvalue weighted by Crippen LogP contribution is -2.57. The van der Waals surface area contributed by atoms with Gasteiger partial charge >= 0.3 is 6.18 Å². The Morgan fingerprint density at radius 1 is 1.12 bits per heavy atom. The van der Waals surface area contributed by atoms with Gasteiger partial charge in [0.2, 0.25) is 0 Å². The van der Waals surface area contributed by atoms with E-state index in [0.29, 0.717) is 12.4 Å². The molecule has 4 aromatic rings. The third kappa shape index (κ3) is 5.47. The van der Waals surface area contributed by atoms with Gasteiger partial charge in [-0.15, -0.1) is 0 Å². The number of pyridine rings is 1. The predicted molar refractivity (Wildman–Crippen MR) is 148 cm³/mol. The molecular weight excluding hydrogens is 543 g/mol. The molecule has 1 N–H and O–H groups in total. The van der Waals surface area contributed by atoms with Crippen LogP contribution in [0.5, 0.6) is 0 Å². The Morgan fingerprint density at radius 2 is 1.88 bits per heavy atom. The van der Waals surface area contributed by atoms with Crippen LogP contribution in [0.25, 0.3) is 22.2 Å². The number of hydrogen-bond donors (Lipinski definition) is 1. The number of nitrogens with zero attached hydrogens (tertiary/aromatic N) is 6. The molecule has 0 bridgehead atoms. The van der Waals surface area contributed by atoms with E-state index in [4.69, 9.17) is 0 Å². The quantitative estimate of drug-likeness (QED) is 0.323. The predicted octanol–water partition coefficient (Wildman–Crippen LogP) is 5.18. The van der Waals surface area contributed by atoms with Gasteiger partial charge in [0, 0.05) is 61.5 Å². The van der Waals surface area contributed by atoms with Gasteiger partial charge in [-0.25, -0.2) is 23.4 Å². The van der Waals surface area contributed by atoms with E-state index in [2.05, 4.69) is 56.2 Å². The molecule has 13 heteroatoms. The van der Waals surface area contributed by atoms with Crippen molar-refractivity contribution in [3.8, 4) is 11.4 Å². The number of alkyl halides is 3. The van der Waals surface area contributed by atoms with Gasteiger partial charge < -0.3 is 10.2 Å². The average Bonchev–Trinajstić information content (AvgIpc) is 3.27. The third-order valence-electron chi connectivity index (χ3n) is 7.21. The van der Waals surface area contributed by atoms with Crippen LogP contribution in [0.2, 0.25) is 0 Å². The van der Waals surface area contributed by atoms with Crippen molar-refractivity contribution < 1.29 is 21.6 Å². The van der Waals surface area contributed by atoms with Crippen LogP contribution in [-0.2, 0) is 23.1 Å². The highest BCUT2D eigenvalue weighted by atomic mass is 32.2. The number of aryl methyl sites for hydroxylation is 1. The molecule has 2 atom stereocenters. The van der Waals surface area contributed by atoms with Crippen LogP contribution in [0.3, 0.4) is 0 Å². The van der Waals surface area contributed by atoms with Gasteiger partial charge in [0.25, 0.3) is 0 Å². The number of rotatable bonds is 7. The Labute approximate surface area is 230 Å². The smallest absolute Gasteiger partial charge is 0.368 e. The van der Waals surface area contributed by atoms with Crippen LogP contribution in [0, 0.1) is 5.92 Å². The minimum Gasteiger partial charge on any atom is -0.368 e. The van der Waals surface area contributed by atoms with E-state index in [0.717, 1.165) is 26.7 Å². The lowest BCUT2D eigenvalue weighted by Gasteiger charge is -2.48. The molecule has 0 unspecified atom stereocenters. The summed E-state index contributed by atoms with van der Waals surface area (Å²) in [7, 11) is -1.66. The van der Waals surface area contributed by atoms with Crippen LogP contribution >= 0.6 is 0 Å². The van der Waals surface area contributed by atoms with Crippen LogP contribution in [-0.4, -0.2) is 57.7 Å². The fourth-order valence-corrected chi connectivity index (χ4v) is 6.37. The van der Waals surface area contributed by atoms with Crippen molar-refractivity contribution in [3.63, 3.8) is 0 Å². The first-order valence-electron chi connectivity index (χ1n) is 12.8. The number of nitrogens with one attached hydrogen (secondary N) is 1. The van der Waals surface area contributed by atoms with Crippen molar-refractivity contribution in [3.05, 3.63) is 54.1 Å². The summed E-state index contributed by atoms with van der Waals surface area (Å²) < 4.78 is 65.2. The highest BCUT2D eigenvalue weighted by molar-refractivity contribution is 7.90. The number of aromatic nitrogens is 5. The minimum atomic E-state index is -4.65. The van der Waals surface area contributed by atoms with Crippen LogP contribution in [0.4, 0.5) is 30.5 Å². The molecule has 0 spiro atoms. The Morgan fingerprint density at radius 3 is 2.52 bits per heavy atom. The molecule has 1 saturated heterocycles. The first kappa shape index (κ1) is 27.8. The Bertz CT molecular complexity index is 1690. The zero-order chi connectivity index (χ0) is 29.0. The number of sulfone groups is 1. The molecular formula is C27H30F3N7O2S. The molecule has 1 fully saturated rings. The van der Waals surface area contributed by atoms with E-state index in [1.54, 1.807) is 12.3 Å². The van der Waals surface area contributed by atoms with Crippen molar-refractivity contribution in [1.29, 1.82) is 0 Å². The summed E-state index contributed by atoms with van der Waals surface area (Å²) in [6.07, 6.45) is 1.01. The van der Waals surface area contributed by atoms with E-state index in [1.807, 2.05) is 13.0 Å². The Kier molecular flexibility index (Phi) is 6.97. The van der Waals surface area contributed by atoms with Crippen LogP contribution < -0.4 is 10.2 Å². The summed E-state index contributed by atoms with van der Waals surface area (Å²) in [6, 6.07) is 7.66. The lowest BCUT2D eigenvalue weighted by atomic mass is 9.88. The third-order valence-corrected chi connectivity index (χ3v) is 8.25. The molecule has 0 saturated carbocycles. The number of anilines is 3. The maximum atomic E-state index is 13.5. The first-order chi connectivity index (χ1) is 18.7. The van der Waals surface area contributed by atoms with Crippen LogP contribution in [0.15, 0.2) is 42.9 Å². The van der Waals surface area contributed by atoms with Gasteiger partial charge in [-0.05, 0) is 42.0 Å². The van der Waals surface area contributed by atoms with Crippen molar-refractivity contribution in [2.24, 2.45) is 13.0 Å². The van der Waals surface area contributed by atoms with Gasteiger partial charge in [0.15, 0.2) is 11.5 Å². The Balaban J connectivity index is 1.47. The molecule has 5 rings (SSSR count). The van der Waals surface area contributed by atoms with E-state index in [-0.39, 0.29) is 40.8 Å². The summed E-state index contributed by atoms with van der Waals surface area (Å²) in [4.78, 5) is 15.1. The molecule has 1 aliphatic rings. The van der Waals surface area contributed by atoms with Crippen molar-refractivity contribution in [2.45, 2.75) is 38.9 Å². The normalized spacial score (nSPS) is 17.9. The fraction of sp³-hybridized carbons (Fsp3) is 0.407. The molecule has 3 aromatic heterocycles. The minimum absolute atomic E-state index is 0.0633. The number of fused-ring (bicyclic) bond motifs is 1. The molecule has 9 nitrogen and oxygen atoms in total. The van der Waals surface area contributed by atoms with Crippen LogP contribution in [0.1, 0.15) is 37.9 Å². The molecule has 0 amide bonds. The van der Waals surface area contributed by atoms with Gasteiger partial charge in [-0.2, -0.15) is 18.3 Å². The summed E-state index contributed by atoms with van der Waals surface area (Å²) >= 11 is 0. The Hall–Kier alpha value is -3.74. The zero-order valence-corrected chi connectivity index (χ0v) is 23.5. The summed E-state index contributed by atoms with van der Waals surface area (Å²) in [5, 5.41) is 8.56. The van der Waals surface area contributed by atoms with Gasteiger partial charge in [0.1, 0.15) is 21.5 Å². The SMILES string of the molecule is CC(C)c1ccc(N2C[C@H](CS(C)(=O)=O)[C@H]2C)c2cnc(Nc3ccnc(-c4cn(C)nc4C(F)(F)F)n3)cc12. The summed E-state index contributed by atoms with van der Waals surface area (Å²) in [6.45, 7) is 6.87. The monoisotopic (exact) mass is 573 g/mol. The maximum absolute atomic E-state index is 13.5. The zero-order valence-electron chi connectivity index (χ0n) is 22.7. The van der Waals surface area contributed by atoms with Crippen molar-refractivity contribution in [1.82, 2.24) is 24.7 Å². The van der Waals surface area contributed by atoms with Gasteiger partial charge in [0.05, 0.1) is 11.3 Å². The van der Waals surface area contributed by atoms with E-state index in [1.165, 1.54) is 25.7 Å². The molecule has 4 heterocycles. The van der Waals surface area contributed by atoms with Crippen molar-refractivity contribution in [2.75, 3.05) is 28.8 Å². The molecule has 0 aliphatic carbocycles. The summed E-state index contributed by atoms with van der Waals surface area (Å²) in [5.74, 6) is 1.10. The van der Waals surface area contributed by atoms with Gasteiger partial charge in [-0.1, -0.05) is 19.9 Å². The standard InChI is InChI=1S/C27H30F3N7O2S/c1-15(2)18-6-7-22(37-12-17(16(37)3)14-40(5,38)39)20-11-32-24(10-19(18)20)33-23-8-9-31-26(34-23)21-13-36(4)35-25(21)27(28,29)30/h6-11,13,15-17H,12,14H2,1-5H3,(H,31,32,33,34)/t16-,17-/m1/s1. The molecule has 1 aromatic carbocycles. The van der Waals surface area contributed by atoms with E-state index in [9.17, 15) is 21.6 Å². The molecule has 212 valence electrons. The topological polar surface area (TPSA) is 106 Å². The number of benzene rings is 1. The molecule has 1 aliphatic heterocycles. The second-order valence-electron chi connectivity index (χ2n) is 10.6. The molecule has 40 heavy (non-hydrogen) atoms. The highest BCUT2D eigenvalue weighted by Gasteiger charge is 2.39. The molecule has 0 radical (unpaired) electrons.